The number of nitrogens with zero attached hydrogens (tertiary/aromatic N) is 2. The standard InChI is InChI=1S/C14H18BrN3S/c15-10-7-13(19-9-10)14-12(16)8-18(17-14)11-5-3-1-2-4-6-11/h7-9,11H,1-6,16H2. The lowest BCUT2D eigenvalue weighted by molar-refractivity contribution is 0.406. The van der Waals surface area contributed by atoms with Gasteiger partial charge in [-0.3, -0.25) is 4.68 Å². The van der Waals surface area contributed by atoms with Crippen molar-refractivity contribution in [2.75, 3.05) is 5.73 Å². The number of hydrogen-bond acceptors (Lipinski definition) is 3. The van der Waals surface area contributed by atoms with Crippen LogP contribution in [0.15, 0.2) is 22.1 Å². The predicted molar refractivity (Wildman–Crippen MR) is 84.4 cm³/mol. The van der Waals surface area contributed by atoms with Crippen molar-refractivity contribution in [1.29, 1.82) is 0 Å². The Labute approximate surface area is 125 Å². The number of aromatic nitrogens is 2. The van der Waals surface area contributed by atoms with Crippen molar-refractivity contribution in [3.8, 4) is 10.6 Å². The van der Waals surface area contributed by atoms with Crippen molar-refractivity contribution in [1.82, 2.24) is 9.78 Å². The first-order valence-corrected chi connectivity index (χ1v) is 8.50. The molecule has 1 saturated carbocycles. The Kier molecular flexibility index (Phi) is 3.93. The topological polar surface area (TPSA) is 43.8 Å². The number of anilines is 1. The van der Waals surface area contributed by atoms with Gasteiger partial charge in [0.25, 0.3) is 0 Å². The maximum atomic E-state index is 6.14. The summed E-state index contributed by atoms with van der Waals surface area (Å²) >= 11 is 5.16. The zero-order chi connectivity index (χ0) is 13.2. The molecule has 3 nitrogen and oxygen atoms in total. The summed E-state index contributed by atoms with van der Waals surface area (Å²) in [6.07, 6.45) is 9.81. The zero-order valence-corrected chi connectivity index (χ0v) is 13.2. The lowest BCUT2D eigenvalue weighted by Crippen LogP contribution is -2.08. The molecular weight excluding hydrogens is 322 g/mol. The maximum Gasteiger partial charge on any atom is 0.125 e. The molecule has 2 aromatic rings. The number of nitrogen functional groups attached to an aromatic ring is 1. The van der Waals surface area contributed by atoms with Gasteiger partial charge >= 0.3 is 0 Å². The molecular formula is C14H18BrN3S. The van der Waals surface area contributed by atoms with Crippen molar-refractivity contribution in [3.63, 3.8) is 0 Å². The van der Waals surface area contributed by atoms with Gasteiger partial charge in [-0.15, -0.1) is 11.3 Å². The molecule has 0 atom stereocenters. The Balaban J connectivity index is 1.88. The van der Waals surface area contributed by atoms with E-state index in [1.807, 2.05) is 6.20 Å². The third-order valence-electron chi connectivity index (χ3n) is 3.76. The van der Waals surface area contributed by atoms with Crippen molar-refractivity contribution < 1.29 is 0 Å². The molecule has 2 N–H and O–H groups in total. The molecule has 0 aromatic carbocycles. The van der Waals surface area contributed by atoms with Gasteiger partial charge in [0.1, 0.15) is 5.69 Å². The van der Waals surface area contributed by atoms with Crippen LogP contribution in [-0.4, -0.2) is 9.78 Å². The second-order valence-corrected chi connectivity index (χ2v) is 7.01. The summed E-state index contributed by atoms with van der Waals surface area (Å²) in [5.74, 6) is 0. The summed E-state index contributed by atoms with van der Waals surface area (Å²) in [5.41, 5.74) is 7.86. The van der Waals surface area contributed by atoms with Crippen molar-refractivity contribution in [2.24, 2.45) is 0 Å². The van der Waals surface area contributed by atoms with Gasteiger partial charge in [0.2, 0.25) is 0 Å². The quantitative estimate of drug-likeness (QED) is 0.794. The van der Waals surface area contributed by atoms with Crippen LogP contribution in [0.4, 0.5) is 5.69 Å². The maximum absolute atomic E-state index is 6.14. The molecule has 0 bridgehead atoms. The Morgan fingerprint density at radius 3 is 2.63 bits per heavy atom. The summed E-state index contributed by atoms with van der Waals surface area (Å²) in [6, 6.07) is 2.61. The average molecular weight is 340 g/mol. The molecule has 1 fully saturated rings. The second-order valence-electron chi connectivity index (χ2n) is 5.19. The van der Waals surface area contributed by atoms with Crippen molar-refractivity contribution in [3.05, 3.63) is 22.1 Å². The minimum absolute atomic E-state index is 0.530. The van der Waals surface area contributed by atoms with E-state index in [1.54, 1.807) is 11.3 Å². The Morgan fingerprint density at radius 1 is 1.26 bits per heavy atom. The molecule has 3 rings (SSSR count). The average Bonchev–Trinajstić information content (AvgIpc) is 2.86. The van der Waals surface area contributed by atoms with E-state index >= 15 is 0 Å². The number of rotatable bonds is 2. The molecule has 2 heterocycles. The fourth-order valence-electron chi connectivity index (χ4n) is 2.74. The van der Waals surface area contributed by atoms with Gasteiger partial charge in [0, 0.05) is 16.0 Å². The summed E-state index contributed by atoms with van der Waals surface area (Å²) < 4.78 is 3.19. The van der Waals surface area contributed by atoms with E-state index in [9.17, 15) is 0 Å². The van der Waals surface area contributed by atoms with E-state index in [0.717, 1.165) is 20.7 Å². The van der Waals surface area contributed by atoms with Gasteiger partial charge in [-0.2, -0.15) is 5.10 Å². The normalized spacial score (nSPS) is 17.5. The van der Waals surface area contributed by atoms with Crippen LogP contribution in [0.5, 0.6) is 0 Å². The third-order valence-corrected chi connectivity index (χ3v) is 5.46. The molecule has 0 aliphatic heterocycles. The zero-order valence-electron chi connectivity index (χ0n) is 10.8. The number of halogens is 1. The first-order valence-electron chi connectivity index (χ1n) is 6.83. The highest BCUT2D eigenvalue weighted by Crippen LogP contribution is 2.34. The van der Waals surface area contributed by atoms with E-state index < -0.39 is 0 Å². The summed E-state index contributed by atoms with van der Waals surface area (Å²) in [5, 5.41) is 6.81. The minimum atomic E-state index is 0.530. The predicted octanol–water partition coefficient (Wildman–Crippen LogP) is 4.85. The van der Waals surface area contributed by atoms with E-state index in [0.29, 0.717) is 6.04 Å². The van der Waals surface area contributed by atoms with Gasteiger partial charge in [0.05, 0.1) is 16.6 Å². The van der Waals surface area contributed by atoms with Crippen LogP contribution in [0.1, 0.15) is 44.6 Å². The van der Waals surface area contributed by atoms with Gasteiger partial charge in [0.15, 0.2) is 0 Å². The van der Waals surface area contributed by atoms with Gasteiger partial charge in [-0.05, 0) is 34.8 Å². The smallest absolute Gasteiger partial charge is 0.125 e. The fourth-order valence-corrected chi connectivity index (χ4v) is 4.18. The highest BCUT2D eigenvalue weighted by Gasteiger charge is 2.18. The highest BCUT2D eigenvalue weighted by atomic mass is 79.9. The van der Waals surface area contributed by atoms with Crippen LogP contribution in [0, 0.1) is 0 Å². The first kappa shape index (κ1) is 13.2. The van der Waals surface area contributed by atoms with Gasteiger partial charge < -0.3 is 5.73 Å². The SMILES string of the molecule is Nc1cn(C2CCCCCC2)nc1-c1cc(Br)cs1. The third kappa shape index (κ3) is 2.87. The Hall–Kier alpha value is -0.810. The van der Waals surface area contributed by atoms with E-state index in [4.69, 9.17) is 10.8 Å². The van der Waals surface area contributed by atoms with Crippen LogP contribution >= 0.6 is 27.3 Å². The molecule has 0 amide bonds. The number of thiophene rings is 1. The Morgan fingerprint density at radius 2 is 2.00 bits per heavy atom. The molecule has 102 valence electrons. The summed E-state index contributed by atoms with van der Waals surface area (Å²) in [6.45, 7) is 0. The fraction of sp³-hybridized carbons (Fsp3) is 0.500. The lowest BCUT2D eigenvalue weighted by atomic mass is 10.1. The molecule has 1 aliphatic rings. The van der Waals surface area contributed by atoms with Gasteiger partial charge in [-0.1, -0.05) is 25.7 Å². The summed E-state index contributed by atoms with van der Waals surface area (Å²) in [7, 11) is 0. The van der Waals surface area contributed by atoms with Crippen molar-refractivity contribution >= 4 is 33.0 Å². The highest BCUT2D eigenvalue weighted by molar-refractivity contribution is 9.10. The number of hydrogen-bond donors (Lipinski definition) is 1. The number of nitrogens with two attached hydrogens (primary N) is 1. The van der Waals surface area contributed by atoms with E-state index in [1.165, 1.54) is 38.5 Å². The lowest BCUT2D eigenvalue weighted by Gasteiger charge is -2.14. The Bertz CT molecular complexity index is 553. The molecule has 0 saturated heterocycles. The molecule has 5 heteroatoms. The van der Waals surface area contributed by atoms with Crippen LogP contribution in [0.2, 0.25) is 0 Å². The van der Waals surface area contributed by atoms with E-state index in [-0.39, 0.29) is 0 Å². The largest absolute Gasteiger partial charge is 0.396 e. The second kappa shape index (κ2) is 5.67. The van der Waals surface area contributed by atoms with E-state index in [2.05, 4.69) is 32.1 Å². The van der Waals surface area contributed by atoms with Crippen LogP contribution < -0.4 is 5.73 Å². The molecule has 19 heavy (non-hydrogen) atoms. The minimum Gasteiger partial charge on any atom is -0.396 e. The molecule has 0 unspecified atom stereocenters. The molecule has 0 radical (unpaired) electrons. The molecule has 0 spiro atoms. The first-order chi connectivity index (χ1) is 9.24. The van der Waals surface area contributed by atoms with Crippen LogP contribution in [-0.2, 0) is 0 Å². The molecule has 1 aliphatic carbocycles. The monoisotopic (exact) mass is 339 g/mol. The van der Waals surface area contributed by atoms with Crippen LogP contribution in [0.25, 0.3) is 10.6 Å². The van der Waals surface area contributed by atoms with Gasteiger partial charge in [-0.25, -0.2) is 0 Å². The van der Waals surface area contributed by atoms with Crippen molar-refractivity contribution in [2.45, 2.75) is 44.6 Å². The van der Waals surface area contributed by atoms with Crippen LogP contribution in [0.3, 0.4) is 0 Å². The molecule has 2 aromatic heterocycles. The summed E-state index contributed by atoms with van der Waals surface area (Å²) in [4.78, 5) is 1.14.